The summed E-state index contributed by atoms with van der Waals surface area (Å²) in [4.78, 5) is 10.00. The molecule has 0 unspecified atom stereocenters. The minimum Gasteiger partial charge on any atom is -0.508 e. The molecule has 2 aromatic carbocycles. The quantitative estimate of drug-likeness (QED) is 0.765. The molecular weight excluding hydrogens is 219 g/mol. The first-order valence-corrected chi connectivity index (χ1v) is 5.09. The number of carbonyl (C=O) groups is 1. The van der Waals surface area contributed by atoms with Crippen molar-refractivity contribution in [2.45, 2.75) is 6.92 Å². The summed E-state index contributed by atoms with van der Waals surface area (Å²) < 4.78 is 12.1. The van der Waals surface area contributed by atoms with Gasteiger partial charge < -0.3 is 5.11 Å². The Hall–Kier alpha value is -2.16. The number of benzene rings is 2. The van der Waals surface area contributed by atoms with Gasteiger partial charge in [0.05, 0.1) is 0 Å². The van der Waals surface area contributed by atoms with Crippen molar-refractivity contribution >= 4 is 6.29 Å². The lowest BCUT2D eigenvalue weighted by Gasteiger charge is -1.92. The van der Waals surface area contributed by atoms with Crippen LogP contribution in [0.2, 0.25) is 0 Å². The maximum atomic E-state index is 12.1. The Labute approximate surface area is 99.3 Å². The zero-order valence-corrected chi connectivity index (χ0v) is 9.43. The van der Waals surface area contributed by atoms with E-state index in [1.807, 2.05) is 25.1 Å². The molecule has 2 aromatic rings. The molecule has 0 spiro atoms. The third-order valence-corrected chi connectivity index (χ3v) is 2.12. The summed E-state index contributed by atoms with van der Waals surface area (Å²) in [6, 6.07) is 12.6. The zero-order chi connectivity index (χ0) is 12.7. The fourth-order valence-electron chi connectivity index (χ4n) is 1.10. The Morgan fingerprint density at radius 2 is 1.65 bits per heavy atom. The van der Waals surface area contributed by atoms with E-state index >= 15 is 0 Å². The minimum absolute atomic E-state index is 0.319. The van der Waals surface area contributed by atoms with Gasteiger partial charge in [-0.1, -0.05) is 18.2 Å². The fraction of sp³-hybridized carbons (Fsp3) is 0.0714. The molecule has 2 nitrogen and oxygen atoms in total. The van der Waals surface area contributed by atoms with Gasteiger partial charge in [0.25, 0.3) is 0 Å². The van der Waals surface area contributed by atoms with Gasteiger partial charge in [-0.15, -0.1) is 0 Å². The van der Waals surface area contributed by atoms with Gasteiger partial charge in [-0.2, -0.15) is 0 Å². The molecule has 0 atom stereocenters. The number of hydrogen-bond donors (Lipinski definition) is 1. The number of hydrogen-bond acceptors (Lipinski definition) is 2. The van der Waals surface area contributed by atoms with Crippen molar-refractivity contribution in [3.63, 3.8) is 0 Å². The van der Waals surface area contributed by atoms with E-state index in [4.69, 9.17) is 5.11 Å². The Bertz CT molecular complexity index is 457. The molecule has 1 N–H and O–H groups in total. The number of aryl methyl sites for hydroxylation is 1. The van der Waals surface area contributed by atoms with Crippen LogP contribution in [0.25, 0.3) is 0 Å². The van der Waals surface area contributed by atoms with Crippen LogP contribution in [-0.2, 0) is 0 Å². The normalized spacial score (nSPS) is 9.06. The summed E-state index contributed by atoms with van der Waals surface area (Å²) in [5.41, 5.74) is 1.42. The molecule has 0 radical (unpaired) electrons. The first kappa shape index (κ1) is 12.9. The molecule has 0 aliphatic rings. The van der Waals surface area contributed by atoms with Crippen LogP contribution in [0.5, 0.6) is 5.75 Å². The maximum absolute atomic E-state index is 12.1. The van der Waals surface area contributed by atoms with Crippen molar-refractivity contribution < 1.29 is 14.3 Å². The van der Waals surface area contributed by atoms with Crippen LogP contribution >= 0.6 is 0 Å². The van der Waals surface area contributed by atoms with Gasteiger partial charge >= 0.3 is 0 Å². The molecule has 0 amide bonds. The summed E-state index contributed by atoms with van der Waals surface area (Å²) >= 11 is 0. The van der Waals surface area contributed by atoms with Gasteiger partial charge in [0.15, 0.2) is 0 Å². The standard InChI is InChI=1S/C7H5FO.C7H8O/c8-7-3-1-6(5-9)2-4-7;1-6-4-2-3-5-7(6)8/h1-5H;2-5,8H,1H3. The van der Waals surface area contributed by atoms with Crippen LogP contribution < -0.4 is 0 Å². The van der Waals surface area contributed by atoms with E-state index in [0.29, 0.717) is 17.6 Å². The number of para-hydroxylation sites is 1. The number of aldehydes is 1. The van der Waals surface area contributed by atoms with E-state index in [1.54, 1.807) is 6.07 Å². The molecular formula is C14H13FO2. The lowest BCUT2D eigenvalue weighted by Crippen LogP contribution is -1.77. The molecule has 0 heterocycles. The number of carbonyl (C=O) groups excluding carboxylic acids is 1. The molecule has 0 aliphatic heterocycles. The van der Waals surface area contributed by atoms with Gasteiger partial charge in [-0.25, -0.2) is 4.39 Å². The van der Waals surface area contributed by atoms with Crippen LogP contribution in [0.15, 0.2) is 48.5 Å². The third-order valence-electron chi connectivity index (χ3n) is 2.12. The van der Waals surface area contributed by atoms with E-state index in [9.17, 15) is 9.18 Å². The van der Waals surface area contributed by atoms with Crippen molar-refractivity contribution in [3.05, 3.63) is 65.5 Å². The summed E-state index contributed by atoms with van der Waals surface area (Å²) in [5, 5.41) is 8.92. The number of phenols is 1. The number of phenolic OH excluding ortho intramolecular Hbond substituents is 1. The second-order valence-electron chi connectivity index (χ2n) is 3.46. The van der Waals surface area contributed by atoms with Crippen molar-refractivity contribution in [1.82, 2.24) is 0 Å². The Balaban J connectivity index is 0.000000171. The Morgan fingerprint density at radius 3 is 2.06 bits per heavy atom. The van der Waals surface area contributed by atoms with Gasteiger partial charge in [-0.3, -0.25) is 4.79 Å². The zero-order valence-electron chi connectivity index (χ0n) is 9.43. The van der Waals surface area contributed by atoms with Crippen molar-refractivity contribution in [1.29, 1.82) is 0 Å². The highest BCUT2D eigenvalue weighted by molar-refractivity contribution is 5.74. The highest BCUT2D eigenvalue weighted by atomic mass is 19.1. The largest absolute Gasteiger partial charge is 0.508 e. The van der Waals surface area contributed by atoms with E-state index in [0.717, 1.165) is 5.56 Å². The first-order valence-electron chi connectivity index (χ1n) is 5.09. The topological polar surface area (TPSA) is 37.3 Å². The Kier molecular flexibility index (Phi) is 4.88. The maximum Gasteiger partial charge on any atom is 0.150 e. The molecule has 3 heteroatoms. The van der Waals surface area contributed by atoms with Gasteiger partial charge in [0.2, 0.25) is 0 Å². The molecule has 0 fully saturated rings. The molecule has 0 aliphatic carbocycles. The van der Waals surface area contributed by atoms with Crippen molar-refractivity contribution in [2.75, 3.05) is 0 Å². The van der Waals surface area contributed by atoms with E-state index in [-0.39, 0.29) is 5.82 Å². The van der Waals surface area contributed by atoms with E-state index < -0.39 is 0 Å². The highest BCUT2D eigenvalue weighted by Gasteiger charge is 1.88. The van der Waals surface area contributed by atoms with Crippen molar-refractivity contribution in [2.24, 2.45) is 0 Å². The average molecular weight is 232 g/mol. The Morgan fingerprint density at radius 1 is 1.06 bits per heavy atom. The third kappa shape index (κ3) is 4.47. The van der Waals surface area contributed by atoms with Gasteiger partial charge in [0.1, 0.15) is 17.9 Å². The molecule has 2 rings (SSSR count). The lowest BCUT2D eigenvalue weighted by molar-refractivity contribution is 0.112. The molecule has 0 bridgehead atoms. The van der Waals surface area contributed by atoms with Gasteiger partial charge in [0, 0.05) is 5.56 Å². The summed E-state index contributed by atoms with van der Waals surface area (Å²) in [6.45, 7) is 1.87. The molecule has 0 aromatic heterocycles. The average Bonchev–Trinajstić information content (AvgIpc) is 2.35. The van der Waals surface area contributed by atoms with Crippen LogP contribution in [0.3, 0.4) is 0 Å². The van der Waals surface area contributed by atoms with Crippen LogP contribution in [0, 0.1) is 12.7 Å². The second kappa shape index (κ2) is 6.43. The van der Waals surface area contributed by atoms with Crippen molar-refractivity contribution in [3.8, 4) is 5.75 Å². The number of rotatable bonds is 1. The highest BCUT2D eigenvalue weighted by Crippen LogP contribution is 2.12. The molecule has 17 heavy (non-hydrogen) atoms. The van der Waals surface area contributed by atoms with Crippen LogP contribution in [-0.4, -0.2) is 11.4 Å². The summed E-state index contributed by atoms with van der Waals surface area (Å²) in [6.07, 6.45) is 0.680. The SMILES string of the molecule is Cc1ccccc1O.O=Cc1ccc(F)cc1. The fourth-order valence-corrected chi connectivity index (χ4v) is 1.10. The van der Waals surface area contributed by atoms with E-state index in [2.05, 4.69) is 0 Å². The molecule has 88 valence electrons. The number of halogens is 1. The van der Waals surface area contributed by atoms with Crippen LogP contribution in [0.4, 0.5) is 4.39 Å². The number of aromatic hydroxyl groups is 1. The summed E-state index contributed by atoms with van der Waals surface area (Å²) in [5.74, 6) is 0.0492. The monoisotopic (exact) mass is 232 g/mol. The minimum atomic E-state index is -0.319. The summed E-state index contributed by atoms with van der Waals surface area (Å²) in [7, 11) is 0. The predicted molar refractivity (Wildman–Crippen MR) is 64.6 cm³/mol. The smallest absolute Gasteiger partial charge is 0.150 e. The predicted octanol–water partition coefficient (Wildman–Crippen LogP) is 3.34. The molecule has 0 saturated heterocycles. The second-order valence-corrected chi connectivity index (χ2v) is 3.46. The van der Waals surface area contributed by atoms with Crippen LogP contribution in [0.1, 0.15) is 15.9 Å². The van der Waals surface area contributed by atoms with E-state index in [1.165, 1.54) is 24.3 Å². The molecule has 0 saturated carbocycles. The first-order chi connectivity index (χ1) is 8.13. The lowest BCUT2D eigenvalue weighted by atomic mass is 10.2. The van der Waals surface area contributed by atoms with Gasteiger partial charge in [-0.05, 0) is 42.8 Å².